The summed E-state index contributed by atoms with van der Waals surface area (Å²) in [6.45, 7) is 11.1. The van der Waals surface area contributed by atoms with Gasteiger partial charge in [0.05, 0.1) is 22.4 Å². The van der Waals surface area contributed by atoms with Crippen LogP contribution in [0.1, 0.15) is 64.8 Å². The van der Waals surface area contributed by atoms with Gasteiger partial charge in [-0.2, -0.15) is 4.68 Å². The molecule has 4 aromatic rings. The number of ether oxygens (including phenoxy) is 1. The molecule has 0 atom stereocenters. The number of hydrogen-bond acceptors (Lipinski definition) is 8. The molecule has 10 nitrogen and oxygen atoms in total. The average Bonchev–Trinajstić information content (AvgIpc) is 3.60. The Hall–Kier alpha value is -4.06. The zero-order chi connectivity index (χ0) is 31.3. The van der Waals surface area contributed by atoms with Gasteiger partial charge in [-0.05, 0) is 56.6 Å². The first-order valence-electron chi connectivity index (χ1n) is 15.0. The lowest BCUT2D eigenvalue weighted by Gasteiger charge is -2.32. The number of benzene rings is 2. The van der Waals surface area contributed by atoms with E-state index in [-0.39, 0.29) is 24.2 Å². The molecule has 2 aromatic carbocycles. The van der Waals surface area contributed by atoms with E-state index in [1.807, 2.05) is 63.2 Å². The number of aromatic nitrogens is 2. The van der Waals surface area contributed by atoms with Crippen LogP contribution < -0.4 is 10.6 Å². The fourth-order valence-electron chi connectivity index (χ4n) is 5.08. The van der Waals surface area contributed by atoms with Gasteiger partial charge in [-0.25, -0.2) is 4.79 Å². The van der Waals surface area contributed by atoms with Gasteiger partial charge in [0.25, 0.3) is 11.8 Å². The molecule has 0 radical (unpaired) electrons. The van der Waals surface area contributed by atoms with Gasteiger partial charge in [0, 0.05) is 38.3 Å². The Balaban J connectivity index is 1.36. The van der Waals surface area contributed by atoms with Crippen molar-refractivity contribution in [3.05, 3.63) is 82.2 Å². The van der Waals surface area contributed by atoms with Crippen LogP contribution in [0.2, 0.25) is 0 Å². The van der Waals surface area contributed by atoms with Gasteiger partial charge in [-0.15, -0.1) is 16.4 Å². The van der Waals surface area contributed by atoms with Gasteiger partial charge in [-0.3, -0.25) is 14.5 Å². The van der Waals surface area contributed by atoms with Crippen LogP contribution in [0.5, 0.6) is 0 Å². The average molecular weight is 617 g/mol. The standard InChI is InChI=1S/C33H40N6O4S/c1-5-6-20-43-32(42)39-31-26(21-27(44-31)30(41)35-33(2,3)25-10-8-7-9-11-25)28(36-39)34-29(40)24-14-12-23(13-15-24)22-38-18-16-37(4)17-19-38/h7-15,21H,5-6,16-20,22H2,1-4H3,(H,35,41)(H,34,36,40). The van der Waals surface area contributed by atoms with Crippen molar-refractivity contribution < 1.29 is 19.1 Å². The third kappa shape index (κ3) is 7.35. The van der Waals surface area contributed by atoms with Crippen molar-refractivity contribution in [2.45, 2.75) is 45.7 Å². The highest BCUT2D eigenvalue weighted by atomic mass is 32.1. The minimum atomic E-state index is -0.657. The minimum Gasteiger partial charge on any atom is -0.448 e. The van der Waals surface area contributed by atoms with Crippen molar-refractivity contribution in [1.29, 1.82) is 0 Å². The lowest BCUT2D eigenvalue weighted by molar-refractivity contribution is 0.0915. The van der Waals surface area contributed by atoms with Crippen LogP contribution in [0.25, 0.3) is 10.2 Å². The lowest BCUT2D eigenvalue weighted by atomic mass is 9.94. The molecule has 2 aromatic heterocycles. The summed E-state index contributed by atoms with van der Waals surface area (Å²) in [5.41, 5.74) is 1.94. The number of fused-ring (bicyclic) bond motifs is 1. The first-order chi connectivity index (χ1) is 21.1. The minimum absolute atomic E-state index is 0.191. The number of nitrogens with one attached hydrogen (secondary N) is 2. The van der Waals surface area contributed by atoms with Gasteiger partial charge >= 0.3 is 6.09 Å². The number of amides is 2. The highest BCUT2D eigenvalue weighted by molar-refractivity contribution is 7.20. The topological polar surface area (TPSA) is 109 Å². The number of hydrogen-bond donors (Lipinski definition) is 2. The van der Waals surface area contributed by atoms with Crippen LogP contribution in [0, 0.1) is 0 Å². The van der Waals surface area contributed by atoms with Crippen LogP contribution >= 0.6 is 11.3 Å². The van der Waals surface area contributed by atoms with E-state index >= 15 is 0 Å². The molecule has 11 heteroatoms. The number of carbonyl (C=O) groups excluding carboxylic acids is 3. The summed E-state index contributed by atoms with van der Waals surface area (Å²) in [6, 6.07) is 18.9. The molecular formula is C33H40N6O4S. The second kappa shape index (κ2) is 13.7. The number of likely N-dealkylation sites (N-methyl/N-ethyl adjacent to an activating group) is 1. The predicted molar refractivity (Wildman–Crippen MR) is 173 cm³/mol. The molecule has 44 heavy (non-hydrogen) atoms. The molecule has 2 amide bonds. The molecule has 0 unspecified atom stereocenters. The summed E-state index contributed by atoms with van der Waals surface area (Å²) < 4.78 is 6.55. The Bertz CT molecular complexity index is 1600. The van der Waals surface area contributed by atoms with Crippen LogP contribution in [-0.2, 0) is 16.8 Å². The van der Waals surface area contributed by atoms with Crippen molar-refractivity contribution in [2.24, 2.45) is 0 Å². The Kier molecular flexibility index (Phi) is 9.77. The van der Waals surface area contributed by atoms with Gasteiger partial charge in [-0.1, -0.05) is 55.8 Å². The number of rotatable bonds is 10. The van der Waals surface area contributed by atoms with E-state index in [2.05, 4.69) is 32.6 Å². The summed E-state index contributed by atoms with van der Waals surface area (Å²) in [5, 5.41) is 10.8. The normalized spacial score (nSPS) is 14.5. The summed E-state index contributed by atoms with van der Waals surface area (Å²) in [5.74, 6) is -0.458. The maximum Gasteiger partial charge on any atom is 0.436 e. The van der Waals surface area contributed by atoms with Crippen molar-refractivity contribution in [1.82, 2.24) is 24.9 Å². The molecule has 0 aliphatic carbocycles. The van der Waals surface area contributed by atoms with E-state index in [0.717, 1.165) is 72.7 Å². The zero-order valence-electron chi connectivity index (χ0n) is 25.8. The maximum atomic E-state index is 13.4. The molecule has 0 bridgehead atoms. The van der Waals surface area contributed by atoms with Crippen LogP contribution in [0.15, 0.2) is 60.7 Å². The third-order valence-electron chi connectivity index (χ3n) is 7.85. The highest BCUT2D eigenvalue weighted by Gasteiger charge is 2.27. The van der Waals surface area contributed by atoms with Crippen molar-refractivity contribution in [2.75, 3.05) is 45.2 Å². The number of carbonyl (C=O) groups is 3. The van der Waals surface area contributed by atoms with E-state index < -0.39 is 11.6 Å². The van der Waals surface area contributed by atoms with E-state index in [1.165, 1.54) is 0 Å². The number of thiophene rings is 1. The first kappa shape index (κ1) is 31.4. The molecule has 1 aliphatic rings. The van der Waals surface area contributed by atoms with Gasteiger partial charge in [0.1, 0.15) is 4.83 Å². The molecule has 0 spiro atoms. The van der Waals surface area contributed by atoms with Crippen molar-refractivity contribution in [3.63, 3.8) is 0 Å². The maximum absolute atomic E-state index is 13.4. The first-order valence-corrected chi connectivity index (χ1v) is 15.8. The number of piperazine rings is 1. The van der Waals surface area contributed by atoms with Crippen molar-refractivity contribution >= 4 is 45.3 Å². The third-order valence-corrected chi connectivity index (χ3v) is 8.96. The molecule has 2 N–H and O–H groups in total. The molecule has 1 saturated heterocycles. The Labute approximate surface area is 262 Å². The van der Waals surface area contributed by atoms with E-state index in [1.54, 1.807) is 18.2 Å². The highest BCUT2D eigenvalue weighted by Crippen LogP contribution is 2.33. The molecule has 5 rings (SSSR count). The molecule has 1 aliphatic heterocycles. The van der Waals surface area contributed by atoms with Crippen LogP contribution in [0.3, 0.4) is 0 Å². The molecular weight excluding hydrogens is 576 g/mol. The van der Waals surface area contributed by atoms with Crippen LogP contribution in [0.4, 0.5) is 10.6 Å². The quantitative estimate of drug-likeness (QED) is 0.225. The monoisotopic (exact) mass is 616 g/mol. The van der Waals surface area contributed by atoms with Gasteiger partial charge in [0.2, 0.25) is 0 Å². The smallest absolute Gasteiger partial charge is 0.436 e. The van der Waals surface area contributed by atoms with Crippen LogP contribution in [-0.4, -0.2) is 77.3 Å². The fourth-order valence-corrected chi connectivity index (χ4v) is 6.07. The Morgan fingerprint density at radius 2 is 1.68 bits per heavy atom. The molecule has 232 valence electrons. The summed E-state index contributed by atoms with van der Waals surface area (Å²) in [7, 11) is 2.13. The summed E-state index contributed by atoms with van der Waals surface area (Å²) >= 11 is 1.13. The Morgan fingerprint density at radius 3 is 2.36 bits per heavy atom. The molecule has 3 heterocycles. The van der Waals surface area contributed by atoms with E-state index in [4.69, 9.17) is 4.74 Å². The predicted octanol–water partition coefficient (Wildman–Crippen LogP) is 5.55. The number of anilines is 1. The van der Waals surface area contributed by atoms with Gasteiger partial charge < -0.3 is 20.3 Å². The van der Waals surface area contributed by atoms with Gasteiger partial charge in [0.15, 0.2) is 5.82 Å². The molecule has 0 saturated carbocycles. The second-order valence-corrected chi connectivity index (χ2v) is 12.8. The van der Waals surface area contributed by atoms with E-state index in [9.17, 15) is 14.4 Å². The lowest BCUT2D eigenvalue weighted by Crippen LogP contribution is -2.43. The number of nitrogens with zero attached hydrogens (tertiary/aromatic N) is 4. The largest absolute Gasteiger partial charge is 0.448 e. The second-order valence-electron chi connectivity index (χ2n) is 11.7. The Morgan fingerprint density at radius 1 is 0.977 bits per heavy atom. The summed E-state index contributed by atoms with van der Waals surface area (Å²) in [6.07, 6.45) is 0.935. The zero-order valence-corrected chi connectivity index (χ0v) is 26.6. The van der Waals surface area contributed by atoms with E-state index in [0.29, 0.717) is 20.7 Å². The summed E-state index contributed by atoms with van der Waals surface area (Å²) in [4.78, 5) is 45.2. The fraction of sp³-hybridized carbons (Fsp3) is 0.394. The van der Waals surface area contributed by atoms with Crippen molar-refractivity contribution in [3.8, 4) is 0 Å². The SMILES string of the molecule is CCCCOC(=O)n1nc(NC(=O)c2ccc(CN3CCN(C)CC3)cc2)c2cc(C(=O)NC(C)(C)c3ccccc3)sc21. The molecule has 1 fully saturated rings. The number of unbranched alkanes of at least 4 members (excludes halogenated alkanes) is 1.